The van der Waals surface area contributed by atoms with E-state index in [-0.39, 0.29) is 16.0 Å². The first-order valence-corrected chi connectivity index (χ1v) is 9.30. The SMILES string of the molecule is Cc1ccc(S(C)(=O)=O)cc1C(=O)O[C@@H](C)C(=O)c1ccc(F)cc1. The lowest BCUT2D eigenvalue weighted by Crippen LogP contribution is -2.25. The van der Waals surface area contributed by atoms with Crippen LogP contribution in [0.1, 0.15) is 33.2 Å². The molecular weight excluding hydrogens is 347 g/mol. The fraction of sp³-hybridized carbons (Fsp3) is 0.222. The van der Waals surface area contributed by atoms with Crippen LogP contribution in [0.15, 0.2) is 47.4 Å². The monoisotopic (exact) mass is 364 g/mol. The number of rotatable bonds is 5. The number of ketones is 1. The van der Waals surface area contributed by atoms with Crippen molar-refractivity contribution in [1.29, 1.82) is 0 Å². The second-order valence-electron chi connectivity index (χ2n) is 5.67. The van der Waals surface area contributed by atoms with Crippen LogP contribution >= 0.6 is 0 Å². The Kier molecular flexibility index (Phi) is 5.37. The molecule has 0 amide bonds. The van der Waals surface area contributed by atoms with Gasteiger partial charge in [0.25, 0.3) is 0 Å². The summed E-state index contributed by atoms with van der Waals surface area (Å²) in [6.45, 7) is 3.04. The average molecular weight is 364 g/mol. The van der Waals surface area contributed by atoms with E-state index in [0.717, 1.165) is 18.4 Å². The van der Waals surface area contributed by atoms with Crippen LogP contribution in [0.3, 0.4) is 0 Å². The Labute approximate surface area is 145 Å². The first kappa shape index (κ1) is 18.8. The lowest BCUT2D eigenvalue weighted by Gasteiger charge is -2.14. The number of esters is 1. The van der Waals surface area contributed by atoms with Gasteiger partial charge in [0, 0.05) is 11.8 Å². The Bertz CT molecular complexity index is 917. The molecule has 25 heavy (non-hydrogen) atoms. The van der Waals surface area contributed by atoms with Gasteiger partial charge in [0.1, 0.15) is 5.82 Å². The molecule has 0 saturated carbocycles. The standard InChI is InChI=1S/C18H17FO5S/c1-11-4-9-15(25(3,22)23)10-16(11)18(21)24-12(2)17(20)13-5-7-14(19)8-6-13/h4-10,12H,1-3H3/t12-/m0/s1. The van der Waals surface area contributed by atoms with Gasteiger partial charge in [0.15, 0.2) is 15.9 Å². The predicted octanol–water partition coefficient (Wildman–Crippen LogP) is 2.97. The highest BCUT2D eigenvalue weighted by Gasteiger charge is 2.22. The van der Waals surface area contributed by atoms with Gasteiger partial charge >= 0.3 is 5.97 Å². The Morgan fingerprint density at radius 1 is 1.08 bits per heavy atom. The summed E-state index contributed by atoms with van der Waals surface area (Å²) in [6.07, 6.45) is -0.0627. The molecule has 0 radical (unpaired) electrons. The van der Waals surface area contributed by atoms with Gasteiger partial charge in [-0.3, -0.25) is 4.79 Å². The summed E-state index contributed by atoms with van der Waals surface area (Å²) in [5.74, 6) is -1.76. The number of Topliss-reactive ketones (excluding diaryl/α,β-unsaturated/α-hetero) is 1. The zero-order valence-electron chi connectivity index (χ0n) is 13.9. The molecule has 0 aliphatic rings. The molecular formula is C18H17FO5S. The van der Waals surface area contributed by atoms with E-state index in [1.54, 1.807) is 6.92 Å². The first-order chi connectivity index (χ1) is 11.6. The van der Waals surface area contributed by atoms with Gasteiger partial charge in [-0.1, -0.05) is 6.07 Å². The summed E-state index contributed by atoms with van der Waals surface area (Å²) in [7, 11) is -3.48. The second-order valence-corrected chi connectivity index (χ2v) is 7.68. The minimum atomic E-state index is -3.48. The maximum Gasteiger partial charge on any atom is 0.339 e. The number of ether oxygens (including phenoxy) is 1. The number of benzene rings is 2. The summed E-state index contributed by atoms with van der Waals surface area (Å²) in [5.41, 5.74) is 0.809. The Balaban J connectivity index is 2.21. The van der Waals surface area contributed by atoms with Gasteiger partial charge in [-0.15, -0.1) is 0 Å². The van der Waals surface area contributed by atoms with E-state index in [0.29, 0.717) is 5.56 Å². The van der Waals surface area contributed by atoms with Crippen LogP contribution in [0.4, 0.5) is 4.39 Å². The van der Waals surface area contributed by atoms with Crippen LogP contribution < -0.4 is 0 Å². The summed E-state index contributed by atoms with van der Waals surface area (Å²) < 4.78 is 41.3. The molecule has 0 aliphatic heterocycles. The van der Waals surface area contributed by atoms with Crippen molar-refractivity contribution in [3.05, 3.63) is 65.0 Å². The molecule has 1 atom stereocenters. The number of hydrogen-bond donors (Lipinski definition) is 0. The molecule has 0 aromatic heterocycles. The third-order valence-corrected chi connectivity index (χ3v) is 4.75. The molecule has 0 fully saturated rings. The fourth-order valence-electron chi connectivity index (χ4n) is 2.18. The van der Waals surface area contributed by atoms with E-state index >= 15 is 0 Å². The molecule has 2 rings (SSSR count). The number of halogens is 1. The maximum atomic E-state index is 12.9. The molecule has 2 aromatic carbocycles. The van der Waals surface area contributed by atoms with Gasteiger partial charge in [0.2, 0.25) is 5.78 Å². The number of sulfone groups is 1. The quantitative estimate of drug-likeness (QED) is 0.602. The summed E-state index contributed by atoms with van der Waals surface area (Å²) in [6, 6.07) is 9.01. The van der Waals surface area contributed by atoms with E-state index in [1.807, 2.05) is 0 Å². The lowest BCUT2D eigenvalue weighted by molar-refractivity contribution is 0.0318. The van der Waals surface area contributed by atoms with Crippen molar-refractivity contribution in [3.63, 3.8) is 0 Å². The average Bonchev–Trinajstić information content (AvgIpc) is 2.54. The van der Waals surface area contributed by atoms with Crippen molar-refractivity contribution < 1.29 is 27.1 Å². The molecule has 2 aromatic rings. The van der Waals surface area contributed by atoms with Gasteiger partial charge in [-0.25, -0.2) is 17.6 Å². The molecule has 0 bridgehead atoms. The van der Waals surface area contributed by atoms with E-state index in [2.05, 4.69) is 0 Å². The lowest BCUT2D eigenvalue weighted by atomic mass is 10.1. The van der Waals surface area contributed by atoms with Crippen molar-refractivity contribution in [3.8, 4) is 0 Å². The van der Waals surface area contributed by atoms with Gasteiger partial charge < -0.3 is 4.74 Å². The minimum absolute atomic E-state index is 0.0115. The predicted molar refractivity (Wildman–Crippen MR) is 89.9 cm³/mol. The van der Waals surface area contributed by atoms with Crippen molar-refractivity contribution in [2.24, 2.45) is 0 Å². The highest BCUT2D eigenvalue weighted by Crippen LogP contribution is 2.18. The third-order valence-electron chi connectivity index (χ3n) is 3.64. The second kappa shape index (κ2) is 7.14. The number of carbonyl (C=O) groups excluding carboxylic acids is 2. The van der Waals surface area contributed by atoms with E-state index in [9.17, 15) is 22.4 Å². The smallest absolute Gasteiger partial charge is 0.339 e. The molecule has 0 heterocycles. The van der Waals surface area contributed by atoms with Crippen molar-refractivity contribution in [1.82, 2.24) is 0 Å². The van der Waals surface area contributed by atoms with Gasteiger partial charge in [0.05, 0.1) is 10.5 Å². The van der Waals surface area contributed by atoms with Crippen LogP contribution in [0.5, 0.6) is 0 Å². The minimum Gasteiger partial charge on any atom is -0.451 e. The number of hydrogen-bond acceptors (Lipinski definition) is 5. The molecule has 132 valence electrons. The maximum absolute atomic E-state index is 12.9. The molecule has 0 N–H and O–H groups in total. The largest absolute Gasteiger partial charge is 0.451 e. The van der Waals surface area contributed by atoms with Crippen LogP contribution in [-0.4, -0.2) is 32.5 Å². The zero-order valence-corrected chi connectivity index (χ0v) is 14.8. The fourth-order valence-corrected chi connectivity index (χ4v) is 2.83. The van der Waals surface area contributed by atoms with Gasteiger partial charge in [-0.05, 0) is 55.8 Å². The van der Waals surface area contributed by atoms with E-state index in [4.69, 9.17) is 4.74 Å². The molecule has 0 aliphatic carbocycles. The van der Waals surface area contributed by atoms with E-state index in [1.165, 1.54) is 37.3 Å². The number of aryl methyl sites for hydroxylation is 1. The van der Waals surface area contributed by atoms with Gasteiger partial charge in [-0.2, -0.15) is 0 Å². The van der Waals surface area contributed by atoms with Crippen LogP contribution in [0.25, 0.3) is 0 Å². The summed E-state index contributed by atoms with van der Waals surface area (Å²) in [5, 5.41) is 0. The van der Waals surface area contributed by atoms with Crippen LogP contribution in [-0.2, 0) is 14.6 Å². The first-order valence-electron chi connectivity index (χ1n) is 7.41. The Hall–Kier alpha value is -2.54. The highest BCUT2D eigenvalue weighted by atomic mass is 32.2. The molecule has 5 nitrogen and oxygen atoms in total. The zero-order chi connectivity index (χ0) is 18.8. The van der Waals surface area contributed by atoms with Crippen molar-refractivity contribution in [2.75, 3.05) is 6.26 Å². The summed E-state index contributed by atoms with van der Waals surface area (Å²) in [4.78, 5) is 24.5. The normalized spacial score (nSPS) is 12.5. The van der Waals surface area contributed by atoms with Crippen molar-refractivity contribution >= 4 is 21.6 Å². The Morgan fingerprint density at radius 3 is 2.24 bits per heavy atom. The highest BCUT2D eigenvalue weighted by molar-refractivity contribution is 7.90. The van der Waals surface area contributed by atoms with E-state index < -0.39 is 33.5 Å². The van der Waals surface area contributed by atoms with Crippen LogP contribution in [0, 0.1) is 12.7 Å². The number of carbonyl (C=O) groups is 2. The summed E-state index contributed by atoms with van der Waals surface area (Å²) >= 11 is 0. The van der Waals surface area contributed by atoms with Crippen molar-refractivity contribution in [2.45, 2.75) is 24.8 Å². The van der Waals surface area contributed by atoms with Crippen LogP contribution in [0.2, 0.25) is 0 Å². The molecule has 0 spiro atoms. The molecule has 7 heteroatoms. The molecule has 0 saturated heterocycles. The topological polar surface area (TPSA) is 77.5 Å². The molecule has 0 unspecified atom stereocenters. The third kappa shape index (κ3) is 4.51. The Morgan fingerprint density at radius 2 is 1.68 bits per heavy atom.